The molecule has 1 heteroatoms. The van der Waals surface area contributed by atoms with E-state index in [-0.39, 0.29) is 0 Å². The summed E-state index contributed by atoms with van der Waals surface area (Å²) < 4.78 is 0. The minimum atomic E-state index is 0.621. The SMILES string of the molecule is CCCCN(CCCC)CCC(C)c1ccc(-c2ccccc2)cc1. The first-order valence-corrected chi connectivity index (χ1v) is 10.1. The molecule has 2 aromatic rings. The lowest BCUT2D eigenvalue weighted by molar-refractivity contribution is 0.256. The zero-order chi connectivity index (χ0) is 17.9. The fraction of sp³-hybridized carbons (Fsp3) is 0.500. The van der Waals surface area contributed by atoms with Gasteiger partial charge < -0.3 is 4.90 Å². The maximum atomic E-state index is 2.67. The normalized spacial score (nSPS) is 12.5. The molecule has 0 aliphatic rings. The second kappa shape index (κ2) is 11.1. The molecule has 0 radical (unpaired) electrons. The molecule has 25 heavy (non-hydrogen) atoms. The lowest BCUT2D eigenvalue weighted by Gasteiger charge is -2.24. The van der Waals surface area contributed by atoms with Crippen molar-refractivity contribution in [2.24, 2.45) is 0 Å². The van der Waals surface area contributed by atoms with Crippen molar-refractivity contribution >= 4 is 0 Å². The summed E-state index contributed by atoms with van der Waals surface area (Å²) in [5, 5.41) is 0. The van der Waals surface area contributed by atoms with Crippen molar-refractivity contribution in [2.75, 3.05) is 19.6 Å². The van der Waals surface area contributed by atoms with Gasteiger partial charge in [0.1, 0.15) is 0 Å². The van der Waals surface area contributed by atoms with Gasteiger partial charge in [-0.1, -0.05) is 88.2 Å². The van der Waals surface area contributed by atoms with Gasteiger partial charge in [-0.25, -0.2) is 0 Å². The van der Waals surface area contributed by atoms with Crippen LogP contribution in [0.15, 0.2) is 54.6 Å². The second-order valence-corrected chi connectivity index (χ2v) is 7.23. The van der Waals surface area contributed by atoms with Crippen molar-refractivity contribution in [3.63, 3.8) is 0 Å². The Hall–Kier alpha value is -1.60. The van der Waals surface area contributed by atoms with Gasteiger partial charge in [0.05, 0.1) is 0 Å². The molecule has 1 unspecified atom stereocenters. The minimum Gasteiger partial charge on any atom is -0.303 e. The maximum absolute atomic E-state index is 2.67. The molecule has 0 amide bonds. The van der Waals surface area contributed by atoms with E-state index in [1.165, 1.54) is 68.4 Å². The van der Waals surface area contributed by atoms with Crippen LogP contribution < -0.4 is 0 Å². The third-order valence-corrected chi connectivity index (χ3v) is 5.12. The molecule has 0 aromatic heterocycles. The first-order valence-electron chi connectivity index (χ1n) is 10.1. The maximum Gasteiger partial charge on any atom is -0.00130 e. The quantitative estimate of drug-likeness (QED) is 0.438. The van der Waals surface area contributed by atoms with E-state index in [4.69, 9.17) is 0 Å². The number of unbranched alkanes of at least 4 members (excludes halogenated alkanes) is 2. The van der Waals surface area contributed by atoms with E-state index in [0.29, 0.717) is 5.92 Å². The second-order valence-electron chi connectivity index (χ2n) is 7.23. The van der Waals surface area contributed by atoms with Crippen LogP contribution in [0.1, 0.15) is 64.4 Å². The van der Waals surface area contributed by atoms with E-state index in [2.05, 4.69) is 80.3 Å². The molecule has 0 aliphatic heterocycles. The Morgan fingerprint density at radius 1 is 0.720 bits per heavy atom. The average molecular weight is 338 g/mol. The van der Waals surface area contributed by atoms with Crippen LogP contribution in [0.5, 0.6) is 0 Å². The van der Waals surface area contributed by atoms with E-state index in [1.54, 1.807) is 0 Å². The van der Waals surface area contributed by atoms with Crippen LogP contribution in [0.4, 0.5) is 0 Å². The molecule has 0 fully saturated rings. The average Bonchev–Trinajstić information content (AvgIpc) is 2.68. The van der Waals surface area contributed by atoms with E-state index >= 15 is 0 Å². The van der Waals surface area contributed by atoms with Gasteiger partial charge >= 0.3 is 0 Å². The van der Waals surface area contributed by atoms with E-state index in [0.717, 1.165) is 0 Å². The molecule has 0 heterocycles. The van der Waals surface area contributed by atoms with Crippen LogP contribution >= 0.6 is 0 Å². The molecular weight excluding hydrogens is 302 g/mol. The molecule has 0 bridgehead atoms. The Morgan fingerprint density at radius 3 is 1.84 bits per heavy atom. The number of benzene rings is 2. The summed E-state index contributed by atoms with van der Waals surface area (Å²) in [6.07, 6.45) is 6.48. The molecule has 0 saturated heterocycles. The fourth-order valence-corrected chi connectivity index (χ4v) is 3.28. The Kier molecular flexibility index (Phi) is 8.76. The topological polar surface area (TPSA) is 3.24 Å². The van der Waals surface area contributed by atoms with Gasteiger partial charge in [0, 0.05) is 0 Å². The number of hydrogen-bond donors (Lipinski definition) is 0. The van der Waals surface area contributed by atoms with Crippen molar-refractivity contribution in [1.82, 2.24) is 4.90 Å². The van der Waals surface area contributed by atoms with Crippen LogP contribution in [0.3, 0.4) is 0 Å². The first kappa shape index (κ1) is 19.7. The van der Waals surface area contributed by atoms with Gasteiger partial charge in [-0.15, -0.1) is 0 Å². The van der Waals surface area contributed by atoms with Gasteiger partial charge in [0.25, 0.3) is 0 Å². The van der Waals surface area contributed by atoms with Crippen LogP contribution in [0.25, 0.3) is 11.1 Å². The number of nitrogens with zero attached hydrogens (tertiary/aromatic N) is 1. The van der Waals surface area contributed by atoms with Gasteiger partial charge in [0.15, 0.2) is 0 Å². The Bertz CT molecular complexity index is 565. The van der Waals surface area contributed by atoms with Crippen molar-refractivity contribution in [3.8, 4) is 11.1 Å². The van der Waals surface area contributed by atoms with Crippen molar-refractivity contribution in [2.45, 2.75) is 58.8 Å². The summed E-state index contributed by atoms with van der Waals surface area (Å²) >= 11 is 0. The summed E-state index contributed by atoms with van der Waals surface area (Å²) in [7, 11) is 0. The van der Waals surface area contributed by atoms with Gasteiger partial charge in [-0.2, -0.15) is 0 Å². The monoisotopic (exact) mass is 337 g/mol. The molecule has 1 atom stereocenters. The van der Waals surface area contributed by atoms with Crippen LogP contribution in [-0.2, 0) is 0 Å². The zero-order valence-electron chi connectivity index (χ0n) is 16.4. The predicted molar refractivity (Wildman–Crippen MR) is 111 cm³/mol. The highest BCUT2D eigenvalue weighted by Crippen LogP contribution is 2.24. The fourth-order valence-electron chi connectivity index (χ4n) is 3.28. The van der Waals surface area contributed by atoms with Crippen LogP contribution in [-0.4, -0.2) is 24.5 Å². The van der Waals surface area contributed by atoms with E-state index in [1.807, 2.05) is 0 Å². The molecule has 0 spiro atoms. The zero-order valence-corrected chi connectivity index (χ0v) is 16.4. The minimum absolute atomic E-state index is 0.621. The van der Waals surface area contributed by atoms with Crippen molar-refractivity contribution in [1.29, 1.82) is 0 Å². The molecule has 1 nitrogen and oxygen atoms in total. The Balaban J connectivity index is 1.89. The van der Waals surface area contributed by atoms with Crippen molar-refractivity contribution in [3.05, 3.63) is 60.2 Å². The summed E-state index contributed by atoms with van der Waals surface area (Å²) in [6.45, 7) is 10.7. The largest absolute Gasteiger partial charge is 0.303 e. The van der Waals surface area contributed by atoms with Crippen LogP contribution in [0, 0.1) is 0 Å². The summed E-state index contributed by atoms with van der Waals surface area (Å²) in [4.78, 5) is 2.67. The highest BCUT2D eigenvalue weighted by molar-refractivity contribution is 5.63. The molecule has 2 aromatic carbocycles. The van der Waals surface area contributed by atoms with Crippen molar-refractivity contribution < 1.29 is 0 Å². The number of hydrogen-bond acceptors (Lipinski definition) is 1. The molecule has 2 rings (SSSR count). The summed E-state index contributed by atoms with van der Waals surface area (Å²) in [6, 6.07) is 19.8. The van der Waals surface area contributed by atoms with Gasteiger partial charge in [-0.05, 0) is 61.5 Å². The lowest BCUT2D eigenvalue weighted by Crippen LogP contribution is -2.28. The highest BCUT2D eigenvalue weighted by atomic mass is 15.1. The number of rotatable bonds is 11. The van der Waals surface area contributed by atoms with E-state index < -0.39 is 0 Å². The van der Waals surface area contributed by atoms with E-state index in [9.17, 15) is 0 Å². The third-order valence-electron chi connectivity index (χ3n) is 5.12. The third kappa shape index (κ3) is 6.66. The lowest BCUT2D eigenvalue weighted by atomic mass is 9.95. The van der Waals surface area contributed by atoms with Crippen LogP contribution in [0.2, 0.25) is 0 Å². The Morgan fingerprint density at radius 2 is 1.28 bits per heavy atom. The predicted octanol–water partition coefficient (Wildman–Crippen LogP) is 6.75. The standard InChI is InChI=1S/C24H35N/c1-4-6-18-25(19-7-5-2)20-17-21(3)22-13-15-24(16-14-22)23-11-9-8-10-12-23/h8-16,21H,4-7,17-20H2,1-3H3. The smallest absolute Gasteiger partial charge is 0.00130 e. The van der Waals surface area contributed by atoms with Gasteiger partial charge in [0.2, 0.25) is 0 Å². The highest BCUT2D eigenvalue weighted by Gasteiger charge is 2.10. The molecular formula is C24H35N. The first-order chi connectivity index (χ1) is 12.2. The molecule has 136 valence electrons. The Labute approximate surface area is 155 Å². The molecule has 0 saturated carbocycles. The van der Waals surface area contributed by atoms with Gasteiger partial charge in [-0.3, -0.25) is 0 Å². The molecule has 0 aliphatic carbocycles. The summed E-state index contributed by atoms with van der Waals surface area (Å²) in [5.74, 6) is 0.621. The summed E-state index contributed by atoms with van der Waals surface area (Å²) in [5.41, 5.74) is 4.07. The molecule has 0 N–H and O–H groups in total.